The number of hydrogen-bond acceptors (Lipinski definition) is 8. The van der Waals surface area contributed by atoms with Crippen molar-refractivity contribution in [3.8, 4) is 0 Å². The summed E-state index contributed by atoms with van der Waals surface area (Å²) >= 11 is 0.907. The molecule has 0 radical (unpaired) electrons. The minimum Gasteiger partial charge on any atom is -0.462 e. The van der Waals surface area contributed by atoms with Crippen molar-refractivity contribution < 1.29 is 33.4 Å². The summed E-state index contributed by atoms with van der Waals surface area (Å²) in [5, 5.41) is 2.79. The molecule has 0 fully saturated rings. The fourth-order valence-corrected chi connectivity index (χ4v) is 4.91. The number of benzene rings is 2. The van der Waals surface area contributed by atoms with Crippen molar-refractivity contribution in [2.24, 2.45) is 0 Å². The molecule has 2 aromatic carbocycles. The van der Waals surface area contributed by atoms with E-state index in [9.17, 15) is 24.0 Å². The van der Waals surface area contributed by atoms with Crippen molar-refractivity contribution in [1.29, 1.82) is 0 Å². The minimum absolute atomic E-state index is 0.0646. The van der Waals surface area contributed by atoms with Gasteiger partial charge >= 0.3 is 11.9 Å². The zero-order valence-corrected chi connectivity index (χ0v) is 20.6. The number of thiophene rings is 1. The van der Waals surface area contributed by atoms with Crippen molar-refractivity contribution in [2.45, 2.75) is 20.8 Å². The average Bonchev–Trinajstić information content (AvgIpc) is 3.32. The SMILES string of the molecule is CCOC(=O)c1sc(NC(=O)c2cccc(N3C(=O)c4ccccc4C3=O)c2)c(C(=O)OCC)c1C. The Labute approximate surface area is 210 Å². The van der Waals surface area contributed by atoms with Gasteiger partial charge in [0.15, 0.2) is 0 Å². The molecular weight excluding hydrogens is 484 g/mol. The van der Waals surface area contributed by atoms with E-state index in [4.69, 9.17) is 9.47 Å². The lowest BCUT2D eigenvalue weighted by atomic mass is 10.1. The highest BCUT2D eigenvalue weighted by Gasteiger charge is 2.36. The van der Waals surface area contributed by atoms with Gasteiger partial charge in [0.2, 0.25) is 0 Å². The number of rotatable bonds is 7. The topological polar surface area (TPSA) is 119 Å². The van der Waals surface area contributed by atoms with E-state index in [0.717, 1.165) is 16.2 Å². The first-order valence-electron chi connectivity index (χ1n) is 11.1. The van der Waals surface area contributed by atoms with Gasteiger partial charge in [-0.05, 0) is 56.7 Å². The Morgan fingerprint density at radius 1 is 0.889 bits per heavy atom. The van der Waals surface area contributed by atoms with Crippen LogP contribution in [0.1, 0.15) is 70.5 Å². The number of carbonyl (C=O) groups excluding carboxylic acids is 5. The highest BCUT2D eigenvalue weighted by molar-refractivity contribution is 7.18. The first kappa shape index (κ1) is 24.8. The third kappa shape index (κ3) is 4.38. The Morgan fingerprint density at radius 2 is 1.50 bits per heavy atom. The second-order valence-electron chi connectivity index (χ2n) is 7.70. The van der Waals surface area contributed by atoms with Gasteiger partial charge in [-0.15, -0.1) is 11.3 Å². The van der Waals surface area contributed by atoms with Gasteiger partial charge in [-0.25, -0.2) is 14.5 Å². The molecule has 3 amide bonds. The van der Waals surface area contributed by atoms with E-state index >= 15 is 0 Å². The van der Waals surface area contributed by atoms with Crippen molar-refractivity contribution in [2.75, 3.05) is 23.4 Å². The largest absolute Gasteiger partial charge is 0.462 e. The molecule has 0 spiro atoms. The molecule has 10 heteroatoms. The molecule has 0 bridgehead atoms. The summed E-state index contributed by atoms with van der Waals surface area (Å²) in [6, 6.07) is 12.5. The van der Waals surface area contributed by atoms with E-state index in [1.54, 1.807) is 57.2 Å². The lowest BCUT2D eigenvalue weighted by Gasteiger charge is -2.15. The zero-order chi connectivity index (χ0) is 26.0. The molecule has 1 aliphatic heterocycles. The number of anilines is 2. The molecule has 4 rings (SSSR count). The van der Waals surface area contributed by atoms with Crippen LogP contribution in [0.15, 0.2) is 48.5 Å². The molecule has 0 saturated heterocycles. The number of carbonyl (C=O) groups is 5. The molecule has 9 nitrogen and oxygen atoms in total. The maximum absolute atomic E-state index is 13.2. The van der Waals surface area contributed by atoms with Gasteiger partial charge in [0.1, 0.15) is 9.88 Å². The van der Waals surface area contributed by atoms with E-state index in [0.29, 0.717) is 5.56 Å². The average molecular weight is 507 g/mol. The quantitative estimate of drug-likeness (QED) is 0.371. The first-order valence-corrected chi connectivity index (χ1v) is 12.0. The van der Waals surface area contributed by atoms with Crippen molar-refractivity contribution >= 4 is 51.7 Å². The lowest BCUT2D eigenvalue weighted by molar-refractivity contribution is 0.0527. The van der Waals surface area contributed by atoms with E-state index in [2.05, 4.69) is 5.32 Å². The van der Waals surface area contributed by atoms with Crippen LogP contribution in [0.3, 0.4) is 0 Å². The zero-order valence-electron chi connectivity index (χ0n) is 19.7. The van der Waals surface area contributed by atoms with Crippen LogP contribution < -0.4 is 10.2 Å². The summed E-state index contributed by atoms with van der Waals surface area (Å²) in [4.78, 5) is 65.0. The van der Waals surface area contributed by atoms with Gasteiger partial charge in [-0.3, -0.25) is 14.4 Å². The predicted octanol–water partition coefficient (Wildman–Crippen LogP) is 4.46. The Bertz CT molecular complexity index is 1370. The van der Waals surface area contributed by atoms with Gasteiger partial charge in [0.05, 0.1) is 35.6 Å². The van der Waals surface area contributed by atoms with Crippen LogP contribution in [0.5, 0.6) is 0 Å². The molecule has 0 atom stereocenters. The first-order chi connectivity index (χ1) is 17.3. The van der Waals surface area contributed by atoms with Crippen molar-refractivity contribution in [1.82, 2.24) is 0 Å². The highest BCUT2D eigenvalue weighted by Crippen LogP contribution is 2.35. The molecule has 0 unspecified atom stereocenters. The lowest BCUT2D eigenvalue weighted by Crippen LogP contribution is -2.29. The van der Waals surface area contributed by atoms with Gasteiger partial charge in [-0.2, -0.15) is 0 Å². The Hall–Kier alpha value is -4.31. The standard InChI is InChI=1S/C26H22N2O7S/c1-4-34-25(32)19-14(3)20(26(33)35-5-2)36-22(19)27-21(29)15-9-8-10-16(13-15)28-23(30)17-11-6-7-12-18(17)24(28)31/h6-13H,4-5H2,1-3H3,(H,27,29). The van der Waals surface area contributed by atoms with E-state index in [1.165, 1.54) is 12.1 Å². The second-order valence-corrected chi connectivity index (χ2v) is 8.72. The molecule has 0 aliphatic carbocycles. The summed E-state index contributed by atoms with van der Waals surface area (Å²) in [5.74, 6) is -2.86. The third-order valence-electron chi connectivity index (χ3n) is 5.47. The third-order valence-corrected chi connectivity index (χ3v) is 6.66. The minimum atomic E-state index is -0.683. The number of nitrogens with zero attached hydrogens (tertiary/aromatic N) is 1. The summed E-state index contributed by atoms with van der Waals surface area (Å²) in [6.45, 7) is 5.15. The highest BCUT2D eigenvalue weighted by atomic mass is 32.1. The second kappa shape index (κ2) is 10.1. The smallest absolute Gasteiger partial charge is 0.348 e. The maximum Gasteiger partial charge on any atom is 0.348 e. The molecule has 36 heavy (non-hydrogen) atoms. The Morgan fingerprint density at radius 3 is 2.11 bits per heavy atom. The molecule has 1 N–H and O–H groups in total. The molecule has 2 heterocycles. The summed E-state index contributed by atoms with van der Waals surface area (Å²) in [6.07, 6.45) is 0. The van der Waals surface area contributed by atoms with E-state index in [-0.39, 0.29) is 51.0 Å². The molecule has 1 aromatic heterocycles. The van der Waals surface area contributed by atoms with Crippen LogP contribution in [0, 0.1) is 6.92 Å². The van der Waals surface area contributed by atoms with Crippen LogP contribution in [-0.2, 0) is 9.47 Å². The molecule has 1 aliphatic rings. The summed E-state index contributed by atoms with van der Waals surface area (Å²) in [5.41, 5.74) is 1.35. The van der Waals surface area contributed by atoms with Crippen LogP contribution in [0.4, 0.5) is 10.7 Å². The number of amides is 3. The number of esters is 2. The maximum atomic E-state index is 13.2. The van der Waals surface area contributed by atoms with Gasteiger partial charge < -0.3 is 14.8 Å². The normalized spacial score (nSPS) is 12.4. The fourth-order valence-electron chi connectivity index (χ4n) is 3.83. The summed E-state index contributed by atoms with van der Waals surface area (Å²) in [7, 11) is 0. The Balaban J connectivity index is 1.65. The predicted molar refractivity (Wildman–Crippen MR) is 133 cm³/mol. The monoisotopic (exact) mass is 506 g/mol. The van der Waals surface area contributed by atoms with Crippen LogP contribution >= 0.6 is 11.3 Å². The number of ether oxygens (including phenoxy) is 2. The number of imide groups is 1. The van der Waals surface area contributed by atoms with Gasteiger partial charge in [0, 0.05) is 5.56 Å². The number of nitrogens with one attached hydrogen (secondary N) is 1. The molecular formula is C26H22N2O7S. The molecule has 184 valence electrons. The van der Waals surface area contributed by atoms with Crippen molar-refractivity contribution in [3.05, 3.63) is 81.2 Å². The van der Waals surface area contributed by atoms with Crippen molar-refractivity contribution in [3.63, 3.8) is 0 Å². The van der Waals surface area contributed by atoms with E-state index < -0.39 is 29.7 Å². The van der Waals surface area contributed by atoms with Gasteiger partial charge in [-0.1, -0.05) is 18.2 Å². The molecule has 3 aromatic rings. The van der Waals surface area contributed by atoms with Gasteiger partial charge in [0.25, 0.3) is 17.7 Å². The Kier molecular flexibility index (Phi) is 6.98. The fraction of sp³-hybridized carbons (Fsp3) is 0.192. The number of hydrogen-bond donors (Lipinski definition) is 1. The summed E-state index contributed by atoms with van der Waals surface area (Å²) < 4.78 is 10.2. The molecule has 0 saturated carbocycles. The van der Waals surface area contributed by atoms with E-state index in [1.807, 2.05) is 0 Å². The number of fused-ring (bicyclic) bond motifs is 1. The van der Waals surface area contributed by atoms with Crippen LogP contribution in [-0.4, -0.2) is 42.9 Å². The van der Waals surface area contributed by atoms with Crippen LogP contribution in [0.2, 0.25) is 0 Å². The van der Waals surface area contributed by atoms with Crippen LogP contribution in [0.25, 0.3) is 0 Å².